The second kappa shape index (κ2) is 6.27. The van der Waals surface area contributed by atoms with Gasteiger partial charge in [-0.25, -0.2) is 18.4 Å². The van der Waals surface area contributed by atoms with Crippen molar-refractivity contribution in [2.45, 2.75) is 17.7 Å². The molecule has 1 amide bonds. The second-order valence-corrected chi connectivity index (χ2v) is 7.87. The predicted octanol–water partition coefficient (Wildman–Crippen LogP) is 0.165. The average Bonchev–Trinajstić information content (AvgIpc) is 2.87. The zero-order valence-corrected chi connectivity index (χ0v) is 13.2. The summed E-state index contributed by atoms with van der Waals surface area (Å²) < 4.78 is 22.2. The Bertz CT molecular complexity index is 696. The molecule has 0 radical (unpaired) electrons. The van der Waals surface area contributed by atoms with Crippen LogP contribution in [-0.2, 0) is 20.6 Å². The molecule has 0 saturated carbocycles. The van der Waals surface area contributed by atoms with Crippen LogP contribution >= 0.6 is 11.8 Å². The highest BCUT2D eigenvalue weighted by molar-refractivity contribution is 7.99. The van der Waals surface area contributed by atoms with Gasteiger partial charge in [0.05, 0.1) is 5.75 Å². The number of nitrogens with one attached hydrogen (secondary N) is 1. The summed E-state index contributed by atoms with van der Waals surface area (Å²) >= 11 is 1.47. The van der Waals surface area contributed by atoms with E-state index < -0.39 is 27.4 Å². The van der Waals surface area contributed by atoms with Crippen molar-refractivity contribution in [3.63, 3.8) is 0 Å². The van der Waals surface area contributed by atoms with E-state index in [4.69, 9.17) is 5.14 Å². The lowest BCUT2D eigenvalue weighted by Crippen LogP contribution is -2.54. The van der Waals surface area contributed by atoms with E-state index >= 15 is 0 Å². The Morgan fingerprint density at radius 3 is 2.68 bits per heavy atom. The van der Waals surface area contributed by atoms with Crippen molar-refractivity contribution in [2.75, 3.05) is 11.5 Å². The van der Waals surface area contributed by atoms with Crippen LogP contribution in [-0.4, -0.2) is 42.4 Å². The summed E-state index contributed by atoms with van der Waals surface area (Å²) in [6, 6.07) is 5.98. The Hall–Kier alpha value is -1.58. The van der Waals surface area contributed by atoms with Gasteiger partial charge < -0.3 is 10.4 Å². The molecular weight excluding hydrogens is 328 g/mol. The van der Waals surface area contributed by atoms with Gasteiger partial charge in [0.1, 0.15) is 5.54 Å². The molecule has 2 rings (SSSR count). The van der Waals surface area contributed by atoms with Crippen molar-refractivity contribution >= 4 is 33.7 Å². The normalized spacial score (nSPS) is 21.5. The summed E-state index contributed by atoms with van der Waals surface area (Å²) in [4.78, 5) is 23.7. The molecule has 0 aromatic heterocycles. The Balaban J connectivity index is 2.19. The predicted molar refractivity (Wildman–Crippen MR) is 83.0 cm³/mol. The first-order valence-electron chi connectivity index (χ1n) is 6.45. The number of carbonyl (C=O) groups is 2. The maximum Gasteiger partial charge on any atom is 0.330 e. The smallest absolute Gasteiger partial charge is 0.330 e. The van der Waals surface area contributed by atoms with E-state index in [1.165, 1.54) is 30.0 Å². The number of benzene rings is 1. The monoisotopic (exact) mass is 344 g/mol. The fourth-order valence-corrected chi connectivity index (χ4v) is 4.18. The van der Waals surface area contributed by atoms with E-state index in [2.05, 4.69) is 5.32 Å². The molecule has 1 saturated heterocycles. The van der Waals surface area contributed by atoms with Gasteiger partial charge in [-0.3, -0.25) is 4.79 Å². The summed E-state index contributed by atoms with van der Waals surface area (Å²) in [5.41, 5.74) is -0.684. The van der Waals surface area contributed by atoms with E-state index in [9.17, 15) is 23.1 Å². The molecule has 9 heteroatoms. The van der Waals surface area contributed by atoms with Crippen LogP contribution in [0, 0.1) is 0 Å². The van der Waals surface area contributed by atoms with Crippen LogP contribution in [0.4, 0.5) is 0 Å². The molecule has 120 valence electrons. The van der Waals surface area contributed by atoms with E-state index in [-0.39, 0.29) is 11.3 Å². The fourth-order valence-electron chi connectivity index (χ4n) is 2.21. The molecule has 1 atom stereocenters. The molecule has 1 unspecified atom stereocenters. The van der Waals surface area contributed by atoms with Gasteiger partial charge in [0, 0.05) is 11.3 Å². The number of nitrogens with two attached hydrogens (primary N) is 1. The Morgan fingerprint density at radius 2 is 2.14 bits per heavy atom. The van der Waals surface area contributed by atoms with Crippen LogP contribution in [0.15, 0.2) is 24.3 Å². The molecule has 0 spiro atoms. The molecule has 7 nitrogen and oxygen atoms in total. The topological polar surface area (TPSA) is 127 Å². The number of hydrogen-bond donors (Lipinski definition) is 3. The third kappa shape index (κ3) is 3.99. The van der Waals surface area contributed by atoms with Gasteiger partial charge in [0.2, 0.25) is 10.0 Å². The van der Waals surface area contributed by atoms with Gasteiger partial charge in [-0.05, 0) is 29.9 Å². The number of hydrogen-bond acceptors (Lipinski definition) is 5. The first-order chi connectivity index (χ1) is 10.2. The number of sulfonamides is 1. The Morgan fingerprint density at radius 1 is 1.41 bits per heavy atom. The number of carbonyl (C=O) groups excluding carboxylic acids is 1. The van der Waals surface area contributed by atoms with Crippen LogP contribution in [0.2, 0.25) is 0 Å². The second-order valence-electron chi connectivity index (χ2n) is 5.15. The van der Waals surface area contributed by atoms with Gasteiger partial charge in [0.15, 0.2) is 0 Å². The largest absolute Gasteiger partial charge is 0.479 e. The molecule has 1 aromatic carbocycles. The van der Waals surface area contributed by atoms with Crippen molar-refractivity contribution in [2.24, 2.45) is 5.14 Å². The van der Waals surface area contributed by atoms with Crippen molar-refractivity contribution in [1.29, 1.82) is 0 Å². The molecule has 0 aliphatic carbocycles. The summed E-state index contributed by atoms with van der Waals surface area (Å²) in [6.45, 7) is 0. The molecule has 1 aliphatic heterocycles. The van der Waals surface area contributed by atoms with Crippen molar-refractivity contribution in [1.82, 2.24) is 5.32 Å². The quantitative estimate of drug-likeness (QED) is 0.698. The van der Waals surface area contributed by atoms with Crippen molar-refractivity contribution < 1.29 is 23.1 Å². The maximum atomic E-state index is 12.3. The summed E-state index contributed by atoms with van der Waals surface area (Å²) in [5.74, 6) is -1.01. The van der Waals surface area contributed by atoms with E-state index in [0.29, 0.717) is 23.5 Å². The lowest BCUT2D eigenvalue weighted by atomic mass is 9.98. The third-order valence-electron chi connectivity index (χ3n) is 3.34. The number of rotatable bonds is 5. The summed E-state index contributed by atoms with van der Waals surface area (Å²) in [5, 5.41) is 16.9. The average molecular weight is 344 g/mol. The summed E-state index contributed by atoms with van der Waals surface area (Å²) in [7, 11) is -3.70. The van der Waals surface area contributed by atoms with Gasteiger partial charge in [-0.15, -0.1) is 0 Å². The van der Waals surface area contributed by atoms with E-state index in [1.807, 2.05) is 0 Å². The number of amides is 1. The molecule has 1 heterocycles. The van der Waals surface area contributed by atoms with Crippen molar-refractivity contribution in [3.8, 4) is 0 Å². The maximum absolute atomic E-state index is 12.3. The van der Waals surface area contributed by atoms with E-state index in [1.54, 1.807) is 6.07 Å². The number of primary sulfonamides is 1. The zero-order chi connectivity index (χ0) is 16.4. The Labute approximate surface area is 132 Å². The van der Waals surface area contributed by atoms with Crippen LogP contribution < -0.4 is 10.5 Å². The number of aliphatic carboxylic acids is 1. The lowest BCUT2D eigenvalue weighted by Gasteiger charge is -2.24. The molecule has 22 heavy (non-hydrogen) atoms. The molecule has 1 aromatic rings. The number of carboxylic acids is 1. The van der Waals surface area contributed by atoms with Gasteiger partial charge in [-0.1, -0.05) is 12.1 Å². The first-order valence-corrected chi connectivity index (χ1v) is 9.32. The van der Waals surface area contributed by atoms with Gasteiger partial charge in [0.25, 0.3) is 5.91 Å². The van der Waals surface area contributed by atoms with Crippen LogP contribution in [0.25, 0.3) is 0 Å². The molecule has 1 aliphatic rings. The molecular formula is C13H16N2O5S2. The first kappa shape index (κ1) is 16.8. The fraction of sp³-hybridized carbons (Fsp3) is 0.385. The highest BCUT2D eigenvalue weighted by Gasteiger charge is 2.43. The minimum Gasteiger partial charge on any atom is -0.479 e. The molecule has 1 fully saturated rings. The highest BCUT2D eigenvalue weighted by Crippen LogP contribution is 2.28. The third-order valence-corrected chi connectivity index (χ3v) is 5.27. The SMILES string of the molecule is NS(=O)(=O)Cc1cccc(C(=O)NC2(C(=O)O)CCSC2)c1. The number of carboxylic acid groups (broad SMARTS) is 1. The molecule has 0 bridgehead atoms. The summed E-state index contributed by atoms with van der Waals surface area (Å²) in [6.07, 6.45) is 0.357. The van der Waals surface area contributed by atoms with Crippen LogP contribution in [0.5, 0.6) is 0 Å². The lowest BCUT2D eigenvalue weighted by molar-refractivity contribution is -0.143. The standard InChI is InChI=1S/C13H16N2O5S2/c14-22(19,20)7-9-2-1-3-10(6-9)11(16)15-13(12(17)18)4-5-21-8-13/h1-3,6H,4-5,7-8H2,(H,15,16)(H,17,18)(H2,14,19,20). The minimum absolute atomic E-state index is 0.207. The Kier molecular flexibility index (Phi) is 4.78. The van der Waals surface area contributed by atoms with E-state index in [0.717, 1.165) is 0 Å². The highest BCUT2D eigenvalue weighted by atomic mass is 32.2. The van der Waals surface area contributed by atoms with Crippen LogP contribution in [0.1, 0.15) is 22.3 Å². The van der Waals surface area contributed by atoms with Crippen molar-refractivity contribution in [3.05, 3.63) is 35.4 Å². The van der Waals surface area contributed by atoms with Gasteiger partial charge in [-0.2, -0.15) is 11.8 Å². The van der Waals surface area contributed by atoms with Gasteiger partial charge >= 0.3 is 5.97 Å². The molecule has 4 N–H and O–H groups in total. The zero-order valence-electron chi connectivity index (χ0n) is 11.6. The number of thioether (sulfide) groups is 1. The minimum atomic E-state index is -3.70. The van der Waals surface area contributed by atoms with Crippen LogP contribution in [0.3, 0.4) is 0 Å².